The van der Waals surface area contributed by atoms with Gasteiger partial charge in [0.2, 0.25) is 0 Å². The fourth-order valence-electron chi connectivity index (χ4n) is 2.55. The smallest absolute Gasteiger partial charge is 0.274 e. The molecule has 31 heavy (non-hydrogen) atoms. The van der Waals surface area contributed by atoms with Crippen molar-refractivity contribution in [2.75, 3.05) is 0 Å². The van der Waals surface area contributed by atoms with Crippen LogP contribution in [0.5, 0.6) is 5.75 Å². The number of nitrogens with zero attached hydrogens (tertiary/aromatic N) is 2. The molecular formula is C22H13Cl3FN3O2. The summed E-state index contributed by atoms with van der Waals surface area (Å²) in [6.07, 6.45) is 1.30. The molecule has 1 amide bonds. The first-order valence-electron chi connectivity index (χ1n) is 8.77. The number of rotatable bonds is 6. The van der Waals surface area contributed by atoms with Gasteiger partial charge in [0, 0.05) is 10.6 Å². The Morgan fingerprint density at radius 1 is 1.10 bits per heavy atom. The summed E-state index contributed by atoms with van der Waals surface area (Å²) in [5.74, 6) is -1.31. The predicted octanol–water partition coefficient (Wildman–Crippen LogP) is 6.00. The zero-order valence-corrected chi connectivity index (χ0v) is 18.0. The van der Waals surface area contributed by atoms with Crippen LogP contribution in [-0.2, 0) is 6.61 Å². The fraction of sp³-hybridized carbons (Fsp3) is 0.0455. The maximum atomic E-state index is 13.9. The van der Waals surface area contributed by atoms with Gasteiger partial charge in [-0.2, -0.15) is 10.4 Å². The summed E-state index contributed by atoms with van der Waals surface area (Å²) in [5.41, 5.74) is 3.34. The second-order valence-corrected chi connectivity index (χ2v) is 7.42. The highest BCUT2D eigenvalue weighted by Gasteiger charge is 2.13. The van der Waals surface area contributed by atoms with E-state index in [2.05, 4.69) is 10.5 Å². The Morgan fingerprint density at radius 3 is 2.45 bits per heavy atom. The van der Waals surface area contributed by atoms with Crippen molar-refractivity contribution >= 4 is 46.9 Å². The Hall–Kier alpha value is -3.11. The van der Waals surface area contributed by atoms with Crippen molar-refractivity contribution in [1.82, 2.24) is 5.43 Å². The van der Waals surface area contributed by atoms with E-state index in [1.54, 1.807) is 24.3 Å². The number of nitriles is 1. The third-order valence-electron chi connectivity index (χ3n) is 4.07. The topological polar surface area (TPSA) is 74.5 Å². The van der Waals surface area contributed by atoms with Gasteiger partial charge in [0.05, 0.1) is 33.5 Å². The first-order chi connectivity index (χ1) is 14.9. The summed E-state index contributed by atoms with van der Waals surface area (Å²) < 4.78 is 19.6. The van der Waals surface area contributed by atoms with Crippen molar-refractivity contribution < 1.29 is 13.9 Å². The standard InChI is InChI=1S/C22H13Cl3FN3O2/c23-17-4-2-1-3-15(17)12-31-21-18(24)7-14(8-19(21)25)11-28-29-22(30)16-6-5-13(10-27)9-20(16)26/h1-9,11H,12H2,(H,29,30). The van der Waals surface area contributed by atoms with Crippen LogP contribution in [0.3, 0.4) is 0 Å². The number of hydrazone groups is 1. The van der Waals surface area contributed by atoms with Gasteiger partial charge in [0.25, 0.3) is 5.91 Å². The number of hydrogen-bond acceptors (Lipinski definition) is 4. The normalized spacial score (nSPS) is 10.7. The molecule has 0 atom stereocenters. The first-order valence-corrected chi connectivity index (χ1v) is 9.90. The summed E-state index contributed by atoms with van der Waals surface area (Å²) in [5, 5.41) is 13.6. The van der Waals surface area contributed by atoms with E-state index >= 15 is 0 Å². The number of nitrogens with one attached hydrogen (secondary N) is 1. The van der Waals surface area contributed by atoms with Crippen LogP contribution in [-0.4, -0.2) is 12.1 Å². The molecule has 0 aromatic heterocycles. The Bertz CT molecular complexity index is 1190. The maximum Gasteiger partial charge on any atom is 0.274 e. The van der Waals surface area contributed by atoms with Crippen LogP contribution in [0.25, 0.3) is 0 Å². The average Bonchev–Trinajstić information content (AvgIpc) is 2.74. The van der Waals surface area contributed by atoms with Gasteiger partial charge in [-0.1, -0.05) is 53.0 Å². The molecule has 0 radical (unpaired) electrons. The molecule has 0 heterocycles. The van der Waals surface area contributed by atoms with Gasteiger partial charge in [-0.25, -0.2) is 9.82 Å². The molecule has 156 valence electrons. The molecule has 5 nitrogen and oxygen atoms in total. The van der Waals surface area contributed by atoms with Gasteiger partial charge >= 0.3 is 0 Å². The molecule has 0 aliphatic heterocycles. The van der Waals surface area contributed by atoms with E-state index in [-0.39, 0.29) is 33.5 Å². The molecule has 3 aromatic rings. The van der Waals surface area contributed by atoms with Gasteiger partial charge < -0.3 is 4.74 Å². The van der Waals surface area contributed by atoms with Crippen LogP contribution in [0.15, 0.2) is 59.7 Å². The third-order valence-corrected chi connectivity index (χ3v) is 5.00. The van der Waals surface area contributed by atoms with Crippen molar-refractivity contribution in [2.24, 2.45) is 5.10 Å². The van der Waals surface area contributed by atoms with Gasteiger partial charge in [0.15, 0.2) is 5.75 Å². The fourth-order valence-corrected chi connectivity index (χ4v) is 3.36. The van der Waals surface area contributed by atoms with E-state index in [1.165, 1.54) is 18.3 Å². The summed E-state index contributed by atoms with van der Waals surface area (Å²) in [6.45, 7) is 0.179. The second kappa shape index (κ2) is 10.3. The lowest BCUT2D eigenvalue weighted by atomic mass is 10.1. The summed E-state index contributed by atoms with van der Waals surface area (Å²) in [7, 11) is 0. The summed E-state index contributed by atoms with van der Waals surface area (Å²) in [6, 6.07) is 15.6. The minimum Gasteiger partial charge on any atom is -0.486 e. The van der Waals surface area contributed by atoms with Crippen molar-refractivity contribution in [3.63, 3.8) is 0 Å². The van der Waals surface area contributed by atoms with Crippen LogP contribution in [0, 0.1) is 17.1 Å². The molecule has 0 aliphatic rings. The third kappa shape index (κ3) is 5.74. The van der Waals surface area contributed by atoms with E-state index in [0.29, 0.717) is 10.6 Å². The highest BCUT2D eigenvalue weighted by Crippen LogP contribution is 2.34. The second-order valence-electron chi connectivity index (χ2n) is 6.20. The van der Waals surface area contributed by atoms with E-state index in [0.717, 1.165) is 11.6 Å². The highest BCUT2D eigenvalue weighted by molar-refractivity contribution is 6.37. The molecule has 0 aliphatic carbocycles. The number of hydrogen-bond donors (Lipinski definition) is 1. The molecule has 3 rings (SSSR count). The zero-order chi connectivity index (χ0) is 22.4. The van der Waals surface area contributed by atoms with Crippen LogP contribution >= 0.6 is 34.8 Å². The van der Waals surface area contributed by atoms with E-state index in [1.807, 2.05) is 18.2 Å². The zero-order valence-electron chi connectivity index (χ0n) is 15.7. The molecule has 0 fully saturated rings. The summed E-state index contributed by atoms with van der Waals surface area (Å²) >= 11 is 18.6. The monoisotopic (exact) mass is 475 g/mol. The number of halogens is 4. The van der Waals surface area contributed by atoms with Gasteiger partial charge in [-0.15, -0.1) is 0 Å². The molecule has 3 aromatic carbocycles. The molecule has 0 bridgehead atoms. The number of carbonyl (C=O) groups is 1. The lowest BCUT2D eigenvalue weighted by molar-refractivity contribution is 0.0951. The van der Waals surface area contributed by atoms with E-state index < -0.39 is 11.7 Å². The number of ether oxygens (including phenoxy) is 1. The highest BCUT2D eigenvalue weighted by atomic mass is 35.5. The van der Waals surface area contributed by atoms with Crippen LogP contribution in [0.2, 0.25) is 15.1 Å². The van der Waals surface area contributed by atoms with Crippen molar-refractivity contribution in [3.8, 4) is 11.8 Å². The Kier molecular flexibility index (Phi) is 7.48. The quantitative estimate of drug-likeness (QED) is 0.350. The molecule has 0 saturated carbocycles. The molecule has 1 N–H and O–H groups in total. The van der Waals surface area contributed by atoms with E-state index in [9.17, 15) is 9.18 Å². The van der Waals surface area contributed by atoms with Gasteiger partial charge in [0.1, 0.15) is 12.4 Å². The van der Waals surface area contributed by atoms with Crippen molar-refractivity contribution in [1.29, 1.82) is 5.26 Å². The number of benzene rings is 3. The Morgan fingerprint density at radius 2 is 1.81 bits per heavy atom. The van der Waals surface area contributed by atoms with Crippen molar-refractivity contribution in [2.45, 2.75) is 6.61 Å². The molecule has 0 saturated heterocycles. The molecule has 9 heteroatoms. The molecule has 0 unspecified atom stereocenters. The SMILES string of the molecule is N#Cc1ccc(C(=O)NN=Cc2cc(Cl)c(OCc3ccccc3Cl)c(Cl)c2)c(F)c1. The van der Waals surface area contributed by atoms with Crippen LogP contribution in [0.1, 0.15) is 27.0 Å². The minimum atomic E-state index is -0.821. The van der Waals surface area contributed by atoms with Crippen molar-refractivity contribution in [3.05, 3.63) is 97.7 Å². The molecule has 0 spiro atoms. The largest absolute Gasteiger partial charge is 0.486 e. The predicted molar refractivity (Wildman–Crippen MR) is 118 cm³/mol. The summed E-state index contributed by atoms with van der Waals surface area (Å²) in [4.78, 5) is 12.1. The Balaban J connectivity index is 1.67. The van der Waals surface area contributed by atoms with Gasteiger partial charge in [-0.3, -0.25) is 4.79 Å². The number of carbonyl (C=O) groups excluding carboxylic acids is 1. The minimum absolute atomic E-state index is 0.110. The first kappa shape index (κ1) is 22.6. The maximum absolute atomic E-state index is 13.9. The average molecular weight is 477 g/mol. The van der Waals surface area contributed by atoms with Crippen LogP contribution in [0.4, 0.5) is 4.39 Å². The lowest BCUT2D eigenvalue weighted by Gasteiger charge is -2.11. The number of amides is 1. The lowest BCUT2D eigenvalue weighted by Crippen LogP contribution is -2.19. The van der Waals surface area contributed by atoms with Gasteiger partial charge in [-0.05, 0) is 42.0 Å². The van der Waals surface area contributed by atoms with E-state index in [4.69, 9.17) is 44.8 Å². The Labute approximate surface area is 192 Å². The molecular weight excluding hydrogens is 464 g/mol. The van der Waals surface area contributed by atoms with Crippen LogP contribution < -0.4 is 10.2 Å².